The van der Waals surface area contributed by atoms with Crippen LogP contribution in [0.1, 0.15) is 19.5 Å². The van der Waals surface area contributed by atoms with Gasteiger partial charge in [-0.05, 0) is 19.2 Å². The molecule has 0 saturated carbocycles. The lowest BCUT2D eigenvalue weighted by atomic mass is 10.3. The molecular formula is C13H26N4O. The van der Waals surface area contributed by atoms with Crippen LogP contribution in [0.25, 0.3) is 0 Å². The fourth-order valence-corrected chi connectivity index (χ4v) is 1.93. The number of aliphatic hydroxyl groups excluding tert-OH is 1. The molecular weight excluding hydrogens is 228 g/mol. The summed E-state index contributed by atoms with van der Waals surface area (Å²) < 4.78 is 1.81. The van der Waals surface area contributed by atoms with Gasteiger partial charge in [0.05, 0.1) is 11.8 Å². The van der Waals surface area contributed by atoms with Crippen LogP contribution in [-0.4, -0.2) is 58.6 Å². The lowest BCUT2D eigenvalue weighted by Gasteiger charge is -2.21. The Morgan fingerprint density at radius 3 is 2.72 bits per heavy atom. The number of aromatic nitrogens is 2. The zero-order chi connectivity index (χ0) is 13.4. The van der Waals surface area contributed by atoms with Crippen molar-refractivity contribution in [2.24, 2.45) is 7.05 Å². The molecule has 0 aliphatic heterocycles. The monoisotopic (exact) mass is 254 g/mol. The summed E-state index contributed by atoms with van der Waals surface area (Å²) in [5.41, 5.74) is 1.09. The van der Waals surface area contributed by atoms with E-state index in [1.54, 1.807) is 0 Å². The zero-order valence-electron chi connectivity index (χ0n) is 11.8. The topological polar surface area (TPSA) is 53.3 Å². The summed E-state index contributed by atoms with van der Waals surface area (Å²) in [6.07, 6.45) is 2.55. The van der Waals surface area contributed by atoms with Crippen LogP contribution in [0.4, 0.5) is 0 Å². The molecule has 1 unspecified atom stereocenters. The van der Waals surface area contributed by atoms with E-state index in [4.69, 9.17) is 0 Å². The molecule has 0 radical (unpaired) electrons. The molecule has 0 aromatic carbocycles. The minimum absolute atomic E-state index is 0.298. The highest BCUT2D eigenvalue weighted by Gasteiger charge is 2.08. The smallest absolute Gasteiger partial charge is 0.0791 e. The molecule has 2 N–H and O–H groups in total. The van der Waals surface area contributed by atoms with Crippen LogP contribution in [0.5, 0.6) is 0 Å². The summed E-state index contributed by atoms with van der Waals surface area (Å²) >= 11 is 0. The molecule has 1 aromatic heterocycles. The second kappa shape index (κ2) is 8.24. The Hall–Kier alpha value is -0.910. The third kappa shape index (κ3) is 5.62. The highest BCUT2D eigenvalue weighted by molar-refractivity contribution is 4.98. The quantitative estimate of drug-likeness (QED) is 0.621. The van der Waals surface area contributed by atoms with E-state index in [-0.39, 0.29) is 6.10 Å². The Bertz CT molecular complexity index is 323. The largest absolute Gasteiger partial charge is 0.390 e. The van der Waals surface area contributed by atoms with Crippen LogP contribution in [0, 0.1) is 0 Å². The van der Waals surface area contributed by atoms with E-state index in [9.17, 15) is 5.11 Å². The van der Waals surface area contributed by atoms with Crippen molar-refractivity contribution in [3.63, 3.8) is 0 Å². The van der Waals surface area contributed by atoms with Crippen molar-refractivity contribution in [3.8, 4) is 0 Å². The Morgan fingerprint density at radius 1 is 1.44 bits per heavy atom. The van der Waals surface area contributed by atoms with E-state index >= 15 is 0 Å². The molecule has 0 amide bonds. The van der Waals surface area contributed by atoms with Gasteiger partial charge in [0.2, 0.25) is 0 Å². The molecule has 0 fully saturated rings. The maximum absolute atomic E-state index is 9.86. The maximum Gasteiger partial charge on any atom is 0.0791 e. The van der Waals surface area contributed by atoms with Crippen molar-refractivity contribution in [3.05, 3.63) is 18.0 Å². The highest BCUT2D eigenvalue weighted by Crippen LogP contribution is 1.95. The van der Waals surface area contributed by atoms with Gasteiger partial charge in [0.1, 0.15) is 0 Å². The van der Waals surface area contributed by atoms with Gasteiger partial charge in [0.15, 0.2) is 0 Å². The number of nitrogens with one attached hydrogen (secondary N) is 1. The molecule has 0 aliphatic carbocycles. The van der Waals surface area contributed by atoms with E-state index < -0.39 is 0 Å². The molecule has 0 spiro atoms. The standard InChI is InChI=1S/C13H26N4O/c1-4-17(5-2)11-13(18)10-14-8-6-12-7-9-16(3)15-12/h7,9,13-14,18H,4-6,8,10-11H2,1-3H3. The Kier molecular flexibility index (Phi) is 6.93. The van der Waals surface area contributed by atoms with Crippen LogP contribution in [-0.2, 0) is 13.5 Å². The molecule has 1 heterocycles. The average Bonchev–Trinajstić information content (AvgIpc) is 2.77. The van der Waals surface area contributed by atoms with Crippen molar-refractivity contribution in [2.75, 3.05) is 32.7 Å². The molecule has 1 rings (SSSR count). The first-order chi connectivity index (χ1) is 8.65. The van der Waals surface area contributed by atoms with Crippen molar-refractivity contribution in [2.45, 2.75) is 26.4 Å². The van der Waals surface area contributed by atoms with Crippen LogP contribution < -0.4 is 5.32 Å². The molecule has 0 aliphatic rings. The first kappa shape index (κ1) is 15.1. The Balaban J connectivity index is 2.10. The minimum atomic E-state index is -0.298. The van der Waals surface area contributed by atoms with Gasteiger partial charge in [0, 0.05) is 39.3 Å². The predicted octanol–water partition coefficient (Wildman–Crippen LogP) is 0.255. The van der Waals surface area contributed by atoms with Crippen molar-refractivity contribution in [1.82, 2.24) is 20.0 Å². The van der Waals surface area contributed by atoms with Gasteiger partial charge in [-0.3, -0.25) is 4.68 Å². The first-order valence-corrected chi connectivity index (χ1v) is 6.75. The number of nitrogens with zero attached hydrogens (tertiary/aromatic N) is 3. The number of hydrogen-bond donors (Lipinski definition) is 2. The molecule has 0 bridgehead atoms. The van der Waals surface area contributed by atoms with E-state index in [0.717, 1.165) is 38.3 Å². The molecule has 1 aromatic rings. The summed E-state index contributed by atoms with van der Waals surface area (Å²) in [7, 11) is 1.92. The molecule has 1 atom stereocenters. The number of hydrogen-bond acceptors (Lipinski definition) is 4. The Labute approximate surface area is 110 Å². The van der Waals surface area contributed by atoms with E-state index in [1.807, 2.05) is 24.0 Å². The highest BCUT2D eigenvalue weighted by atomic mass is 16.3. The predicted molar refractivity (Wildman–Crippen MR) is 73.6 cm³/mol. The van der Waals surface area contributed by atoms with Crippen LogP contribution >= 0.6 is 0 Å². The molecule has 0 saturated heterocycles. The van der Waals surface area contributed by atoms with Gasteiger partial charge in [-0.25, -0.2) is 0 Å². The lowest BCUT2D eigenvalue weighted by molar-refractivity contribution is 0.117. The SMILES string of the molecule is CCN(CC)CC(O)CNCCc1ccn(C)n1. The van der Waals surface area contributed by atoms with Gasteiger partial charge >= 0.3 is 0 Å². The number of aliphatic hydroxyl groups is 1. The van der Waals surface area contributed by atoms with Crippen LogP contribution in [0.3, 0.4) is 0 Å². The first-order valence-electron chi connectivity index (χ1n) is 6.75. The van der Waals surface area contributed by atoms with Gasteiger partial charge in [0.25, 0.3) is 0 Å². The summed E-state index contributed by atoms with van der Waals surface area (Å²) in [5, 5.41) is 17.4. The normalized spacial score (nSPS) is 13.2. The van der Waals surface area contributed by atoms with Gasteiger partial charge < -0.3 is 15.3 Å². The van der Waals surface area contributed by atoms with E-state index in [2.05, 4.69) is 29.2 Å². The third-order valence-corrected chi connectivity index (χ3v) is 3.07. The third-order valence-electron chi connectivity index (χ3n) is 3.07. The number of likely N-dealkylation sites (N-methyl/N-ethyl adjacent to an activating group) is 1. The van der Waals surface area contributed by atoms with Gasteiger partial charge in [-0.2, -0.15) is 5.10 Å². The summed E-state index contributed by atoms with van der Waals surface area (Å²) in [6.45, 7) is 8.44. The molecule has 5 heteroatoms. The summed E-state index contributed by atoms with van der Waals surface area (Å²) in [5.74, 6) is 0. The molecule has 18 heavy (non-hydrogen) atoms. The van der Waals surface area contributed by atoms with E-state index in [1.165, 1.54) is 0 Å². The second-order valence-corrected chi connectivity index (χ2v) is 4.57. The van der Waals surface area contributed by atoms with Crippen LogP contribution in [0.2, 0.25) is 0 Å². The van der Waals surface area contributed by atoms with E-state index in [0.29, 0.717) is 6.54 Å². The molecule has 5 nitrogen and oxygen atoms in total. The summed E-state index contributed by atoms with van der Waals surface area (Å²) in [6, 6.07) is 2.02. The minimum Gasteiger partial charge on any atom is -0.390 e. The fraction of sp³-hybridized carbons (Fsp3) is 0.769. The van der Waals surface area contributed by atoms with Crippen molar-refractivity contribution >= 4 is 0 Å². The van der Waals surface area contributed by atoms with Gasteiger partial charge in [-0.15, -0.1) is 0 Å². The molecule has 104 valence electrons. The maximum atomic E-state index is 9.86. The van der Waals surface area contributed by atoms with Crippen LogP contribution in [0.15, 0.2) is 12.3 Å². The Morgan fingerprint density at radius 2 is 2.17 bits per heavy atom. The fourth-order valence-electron chi connectivity index (χ4n) is 1.93. The second-order valence-electron chi connectivity index (χ2n) is 4.57. The number of aryl methyl sites for hydroxylation is 1. The van der Waals surface area contributed by atoms with Crippen molar-refractivity contribution < 1.29 is 5.11 Å². The van der Waals surface area contributed by atoms with Gasteiger partial charge in [-0.1, -0.05) is 13.8 Å². The number of rotatable bonds is 9. The summed E-state index contributed by atoms with van der Waals surface area (Å²) in [4.78, 5) is 2.23. The van der Waals surface area contributed by atoms with Crippen molar-refractivity contribution in [1.29, 1.82) is 0 Å². The average molecular weight is 254 g/mol. The zero-order valence-corrected chi connectivity index (χ0v) is 11.8. The lowest BCUT2D eigenvalue weighted by Crippen LogP contribution is -2.38.